The van der Waals surface area contributed by atoms with E-state index in [1.165, 1.54) is 4.09 Å². The molecular weight excluding hydrogens is 188 g/mol. The lowest BCUT2D eigenvalue weighted by atomic mass is 10.2. The average molecular weight is 196 g/mol. The first-order chi connectivity index (χ1) is 6.24. The van der Waals surface area contributed by atoms with Crippen molar-refractivity contribution in [3.8, 4) is 5.75 Å². The number of halogens is 1. The summed E-state index contributed by atoms with van der Waals surface area (Å²) >= 11 is 5.80. The van der Waals surface area contributed by atoms with E-state index in [1.54, 1.807) is 7.11 Å². The highest BCUT2D eigenvalue weighted by molar-refractivity contribution is 6.18. The Hall–Kier alpha value is -1.22. The molecule has 0 N–H and O–H groups in total. The van der Waals surface area contributed by atoms with E-state index in [9.17, 15) is 0 Å². The maximum Gasteiger partial charge on any atom is 0.193 e. The van der Waals surface area contributed by atoms with E-state index < -0.39 is 0 Å². The molecular formula is C9H8ClN2O. The molecule has 0 aliphatic heterocycles. The number of aryl methyl sites for hydroxylation is 1. The molecule has 4 heteroatoms. The molecule has 0 bridgehead atoms. The lowest BCUT2D eigenvalue weighted by Gasteiger charge is -2.04. The van der Waals surface area contributed by atoms with Gasteiger partial charge >= 0.3 is 0 Å². The molecule has 3 nitrogen and oxygen atoms in total. The third kappa shape index (κ3) is 1.16. The molecule has 0 fully saturated rings. The fourth-order valence-corrected chi connectivity index (χ4v) is 1.51. The van der Waals surface area contributed by atoms with E-state index in [1.807, 2.05) is 19.1 Å². The van der Waals surface area contributed by atoms with Crippen molar-refractivity contribution in [1.29, 1.82) is 0 Å². The van der Waals surface area contributed by atoms with Crippen LogP contribution in [0.5, 0.6) is 5.75 Å². The molecule has 0 spiro atoms. The standard InChI is InChI=1S/C9H8ClN2O/c1-6-3-4-7-8(9(6)13-2)11-5-12(7)10/h3-4H,1-2H3. The van der Waals surface area contributed by atoms with Crippen LogP contribution in [0, 0.1) is 13.3 Å². The number of nitrogens with zero attached hydrogens (tertiary/aromatic N) is 2. The lowest BCUT2D eigenvalue weighted by molar-refractivity contribution is 0.416. The Morgan fingerprint density at radius 1 is 1.54 bits per heavy atom. The quantitative estimate of drug-likeness (QED) is 0.697. The van der Waals surface area contributed by atoms with Crippen molar-refractivity contribution in [2.75, 3.05) is 7.11 Å². The van der Waals surface area contributed by atoms with Gasteiger partial charge in [0.05, 0.1) is 12.6 Å². The summed E-state index contributed by atoms with van der Waals surface area (Å²) in [5, 5.41) is 0. The summed E-state index contributed by atoms with van der Waals surface area (Å²) in [6, 6.07) is 3.83. The van der Waals surface area contributed by atoms with Gasteiger partial charge in [-0.3, -0.25) is 0 Å². The topological polar surface area (TPSA) is 27.1 Å². The first-order valence-electron chi connectivity index (χ1n) is 3.84. The van der Waals surface area contributed by atoms with Crippen LogP contribution in [0.15, 0.2) is 12.1 Å². The number of rotatable bonds is 1. The van der Waals surface area contributed by atoms with Crippen LogP contribution in [0.4, 0.5) is 0 Å². The number of methoxy groups -OCH3 is 1. The van der Waals surface area contributed by atoms with Crippen molar-refractivity contribution in [2.45, 2.75) is 6.92 Å². The molecule has 0 amide bonds. The Bertz CT molecular complexity index is 450. The van der Waals surface area contributed by atoms with Crippen molar-refractivity contribution >= 4 is 22.8 Å². The number of hydrogen-bond acceptors (Lipinski definition) is 2. The number of ether oxygens (including phenoxy) is 1. The van der Waals surface area contributed by atoms with E-state index in [0.717, 1.165) is 22.3 Å². The molecule has 0 atom stereocenters. The van der Waals surface area contributed by atoms with Crippen molar-refractivity contribution < 1.29 is 4.74 Å². The first kappa shape index (κ1) is 8.38. The molecule has 13 heavy (non-hydrogen) atoms. The van der Waals surface area contributed by atoms with Crippen LogP contribution in [-0.4, -0.2) is 16.2 Å². The third-order valence-electron chi connectivity index (χ3n) is 1.97. The highest BCUT2D eigenvalue weighted by Crippen LogP contribution is 2.27. The van der Waals surface area contributed by atoms with Gasteiger partial charge in [-0.1, -0.05) is 6.07 Å². The highest BCUT2D eigenvalue weighted by Gasteiger charge is 2.09. The van der Waals surface area contributed by atoms with Crippen LogP contribution in [0.25, 0.3) is 11.0 Å². The van der Waals surface area contributed by atoms with Crippen LogP contribution in [0.2, 0.25) is 0 Å². The maximum absolute atomic E-state index is 5.80. The van der Waals surface area contributed by atoms with Gasteiger partial charge in [-0.2, -0.15) is 0 Å². The fourth-order valence-electron chi connectivity index (χ4n) is 1.33. The molecule has 0 saturated carbocycles. The molecule has 1 aromatic heterocycles. The molecule has 1 heterocycles. The summed E-state index contributed by atoms with van der Waals surface area (Å²) in [6.07, 6.45) is 2.63. The Kier molecular flexibility index (Phi) is 1.88. The van der Waals surface area contributed by atoms with Gasteiger partial charge in [0, 0.05) is 11.8 Å². The van der Waals surface area contributed by atoms with Gasteiger partial charge in [0.1, 0.15) is 11.3 Å². The van der Waals surface area contributed by atoms with Gasteiger partial charge in [-0.05, 0) is 18.6 Å². The van der Waals surface area contributed by atoms with Crippen molar-refractivity contribution in [2.24, 2.45) is 0 Å². The zero-order valence-corrected chi connectivity index (χ0v) is 8.09. The van der Waals surface area contributed by atoms with Gasteiger partial charge in [0.2, 0.25) is 0 Å². The number of hydrogen-bond donors (Lipinski definition) is 0. The molecule has 2 aromatic rings. The molecule has 0 aliphatic rings. The second-order valence-electron chi connectivity index (χ2n) is 2.78. The molecule has 2 rings (SSSR count). The Labute approximate surface area is 81.0 Å². The number of fused-ring (bicyclic) bond motifs is 1. The predicted molar refractivity (Wildman–Crippen MR) is 51.1 cm³/mol. The second kappa shape index (κ2) is 2.92. The number of benzene rings is 1. The van der Waals surface area contributed by atoms with E-state index in [-0.39, 0.29) is 0 Å². The van der Waals surface area contributed by atoms with Gasteiger partial charge in [0.15, 0.2) is 6.33 Å². The first-order valence-corrected chi connectivity index (χ1v) is 4.17. The Balaban J connectivity index is 2.85. The smallest absolute Gasteiger partial charge is 0.193 e. The zero-order valence-electron chi connectivity index (χ0n) is 7.34. The van der Waals surface area contributed by atoms with Crippen LogP contribution in [0.3, 0.4) is 0 Å². The molecule has 0 saturated heterocycles. The largest absolute Gasteiger partial charge is 0.494 e. The number of imidazole rings is 1. The van der Waals surface area contributed by atoms with E-state index >= 15 is 0 Å². The molecule has 67 valence electrons. The molecule has 0 unspecified atom stereocenters. The normalized spacial score (nSPS) is 10.7. The second-order valence-corrected chi connectivity index (χ2v) is 3.11. The van der Waals surface area contributed by atoms with Crippen LogP contribution >= 0.6 is 11.8 Å². The Morgan fingerprint density at radius 3 is 3.00 bits per heavy atom. The Morgan fingerprint density at radius 2 is 2.31 bits per heavy atom. The predicted octanol–water partition coefficient (Wildman–Crippen LogP) is 2.16. The molecule has 1 radical (unpaired) electrons. The van der Waals surface area contributed by atoms with Gasteiger partial charge in [0.25, 0.3) is 0 Å². The summed E-state index contributed by atoms with van der Waals surface area (Å²) in [6.45, 7) is 1.96. The summed E-state index contributed by atoms with van der Waals surface area (Å²) in [5.74, 6) is 0.758. The zero-order chi connectivity index (χ0) is 9.42. The van der Waals surface area contributed by atoms with Gasteiger partial charge < -0.3 is 4.74 Å². The monoisotopic (exact) mass is 195 g/mol. The maximum atomic E-state index is 5.80. The van der Waals surface area contributed by atoms with Gasteiger partial charge in [-0.15, -0.1) is 0 Å². The van der Waals surface area contributed by atoms with Gasteiger partial charge in [-0.25, -0.2) is 9.07 Å². The average Bonchev–Trinajstić information content (AvgIpc) is 2.48. The highest BCUT2D eigenvalue weighted by atomic mass is 35.5. The van der Waals surface area contributed by atoms with E-state index in [4.69, 9.17) is 16.5 Å². The summed E-state index contributed by atoms with van der Waals surface area (Å²) < 4.78 is 6.55. The van der Waals surface area contributed by atoms with Crippen molar-refractivity contribution in [3.63, 3.8) is 0 Å². The van der Waals surface area contributed by atoms with Crippen LogP contribution < -0.4 is 4.74 Å². The van der Waals surface area contributed by atoms with Crippen molar-refractivity contribution in [3.05, 3.63) is 24.0 Å². The fraction of sp³-hybridized carbons (Fsp3) is 0.222. The summed E-state index contributed by atoms with van der Waals surface area (Å²) in [5.41, 5.74) is 2.60. The third-order valence-corrected chi connectivity index (χ3v) is 2.23. The van der Waals surface area contributed by atoms with E-state index in [2.05, 4.69) is 11.3 Å². The SMILES string of the molecule is COc1c(C)ccc2c1n[c]n2Cl. The minimum absolute atomic E-state index is 0.748. The molecule has 1 aromatic carbocycles. The van der Waals surface area contributed by atoms with Crippen molar-refractivity contribution in [1.82, 2.24) is 9.07 Å². The minimum Gasteiger partial charge on any atom is -0.494 e. The lowest BCUT2D eigenvalue weighted by Crippen LogP contribution is -1.88. The summed E-state index contributed by atoms with van der Waals surface area (Å²) in [7, 11) is 1.62. The minimum atomic E-state index is 0.748. The number of aromatic nitrogens is 2. The van der Waals surface area contributed by atoms with Crippen LogP contribution in [-0.2, 0) is 0 Å². The van der Waals surface area contributed by atoms with Crippen LogP contribution in [0.1, 0.15) is 5.56 Å². The summed E-state index contributed by atoms with van der Waals surface area (Å²) in [4.78, 5) is 4.03. The van der Waals surface area contributed by atoms with E-state index in [0.29, 0.717) is 0 Å². The molecule has 0 aliphatic carbocycles.